The van der Waals surface area contributed by atoms with E-state index in [-0.39, 0.29) is 17.5 Å². The zero-order valence-electron chi connectivity index (χ0n) is 13.1. The number of hydrogen-bond acceptors (Lipinski definition) is 3. The summed E-state index contributed by atoms with van der Waals surface area (Å²) in [4.78, 5) is 12.1. The summed E-state index contributed by atoms with van der Waals surface area (Å²) < 4.78 is 24.2. The van der Waals surface area contributed by atoms with E-state index in [1.807, 2.05) is 0 Å². The van der Waals surface area contributed by atoms with E-state index in [2.05, 4.69) is 12.2 Å². The number of benzene rings is 1. The van der Waals surface area contributed by atoms with Crippen molar-refractivity contribution in [2.75, 3.05) is 19.8 Å². The van der Waals surface area contributed by atoms with Crippen LogP contribution in [0.5, 0.6) is 0 Å². The van der Waals surface area contributed by atoms with Gasteiger partial charge in [-0.05, 0) is 38.0 Å². The Morgan fingerprint density at radius 2 is 2.09 bits per heavy atom. The second-order valence-corrected chi connectivity index (χ2v) is 5.27. The fraction of sp³-hybridized carbons (Fsp3) is 0.471. The average molecular weight is 307 g/mol. The quantitative estimate of drug-likeness (QED) is 0.754. The number of unbranched alkanes of at least 4 members (excludes halogenated alkanes) is 1. The molecule has 0 saturated carbocycles. The van der Waals surface area contributed by atoms with Gasteiger partial charge in [0.05, 0.1) is 0 Å². The van der Waals surface area contributed by atoms with Crippen molar-refractivity contribution in [1.29, 1.82) is 0 Å². The van der Waals surface area contributed by atoms with Gasteiger partial charge in [-0.3, -0.25) is 4.79 Å². The smallest absolute Gasteiger partial charge is 0.287 e. The molecule has 1 aromatic heterocycles. The Hall–Kier alpha value is -1.88. The van der Waals surface area contributed by atoms with Crippen LogP contribution in [0.3, 0.4) is 0 Å². The second-order valence-electron chi connectivity index (χ2n) is 5.27. The molecule has 0 spiro atoms. The molecule has 2 rings (SSSR count). The minimum Gasteiger partial charge on any atom is -0.451 e. The monoisotopic (exact) mass is 307 g/mol. The third kappa shape index (κ3) is 4.07. The highest BCUT2D eigenvalue weighted by atomic mass is 19.1. The van der Waals surface area contributed by atoms with Gasteiger partial charge in [0.25, 0.3) is 5.91 Å². The number of carbonyl (C=O) groups is 1. The van der Waals surface area contributed by atoms with E-state index in [1.54, 1.807) is 6.92 Å². The highest BCUT2D eigenvalue weighted by Gasteiger charge is 2.17. The molecule has 120 valence electrons. The number of rotatable bonds is 8. The third-order valence-electron chi connectivity index (χ3n) is 3.50. The van der Waals surface area contributed by atoms with Gasteiger partial charge in [0, 0.05) is 30.7 Å². The van der Waals surface area contributed by atoms with Gasteiger partial charge < -0.3 is 14.5 Å². The van der Waals surface area contributed by atoms with Crippen LogP contribution in [-0.4, -0.2) is 25.7 Å². The summed E-state index contributed by atoms with van der Waals surface area (Å²) in [5.74, 6) is -0.372. The maximum Gasteiger partial charge on any atom is 0.287 e. The number of aryl methyl sites for hydroxylation is 1. The molecule has 2 aromatic rings. The Morgan fingerprint density at radius 3 is 2.86 bits per heavy atom. The van der Waals surface area contributed by atoms with Crippen molar-refractivity contribution in [1.82, 2.24) is 5.32 Å². The molecule has 0 radical (unpaired) electrons. The van der Waals surface area contributed by atoms with Gasteiger partial charge in [0.1, 0.15) is 11.4 Å². The van der Waals surface area contributed by atoms with Crippen molar-refractivity contribution in [3.05, 3.63) is 35.3 Å². The molecule has 0 saturated heterocycles. The van der Waals surface area contributed by atoms with Crippen LogP contribution in [-0.2, 0) is 4.74 Å². The zero-order valence-corrected chi connectivity index (χ0v) is 13.1. The average Bonchev–Trinajstić information content (AvgIpc) is 2.83. The van der Waals surface area contributed by atoms with Crippen molar-refractivity contribution in [2.45, 2.75) is 33.1 Å². The lowest BCUT2D eigenvalue weighted by molar-refractivity contribution is 0.0914. The van der Waals surface area contributed by atoms with E-state index >= 15 is 0 Å². The normalized spacial score (nSPS) is 11.0. The molecule has 0 atom stereocenters. The number of ether oxygens (including phenoxy) is 1. The van der Waals surface area contributed by atoms with Crippen molar-refractivity contribution >= 4 is 16.9 Å². The first-order valence-corrected chi connectivity index (χ1v) is 7.68. The minimum atomic E-state index is -0.340. The van der Waals surface area contributed by atoms with E-state index in [1.165, 1.54) is 18.2 Å². The zero-order chi connectivity index (χ0) is 15.9. The molecule has 0 aliphatic heterocycles. The van der Waals surface area contributed by atoms with Crippen LogP contribution in [0.4, 0.5) is 4.39 Å². The maximum atomic E-state index is 13.2. The first-order valence-electron chi connectivity index (χ1n) is 7.68. The molecule has 0 unspecified atom stereocenters. The van der Waals surface area contributed by atoms with Gasteiger partial charge in [-0.1, -0.05) is 13.3 Å². The Morgan fingerprint density at radius 1 is 1.32 bits per heavy atom. The minimum absolute atomic E-state index is 0.243. The Labute approximate surface area is 129 Å². The predicted octanol–water partition coefficient (Wildman–Crippen LogP) is 3.82. The summed E-state index contributed by atoms with van der Waals surface area (Å²) >= 11 is 0. The number of furan rings is 1. The molecule has 4 nitrogen and oxygen atoms in total. The maximum absolute atomic E-state index is 13.2. The van der Waals surface area contributed by atoms with Crippen molar-refractivity contribution in [3.8, 4) is 0 Å². The van der Waals surface area contributed by atoms with Gasteiger partial charge in [0.2, 0.25) is 0 Å². The number of amides is 1. The lowest BCUT2D eigenvalue weighted by atomic mass is 10.1. The highest BCUT2D eigenvalue weighted by Crippen LogP contribution is 2.25. The fourth-order valence-electron chi connectivity index (χ4n) is 2.21. The molecule has 0 aliphatic carbocycles. The summed E-state index contributed by atoms with van der Waals surface area (Å²) in [5, 5.41) is 3.43. The largest absolute Gasteiger partial charge is 0.451 e. The molecule has 1 N–H and O–H groups in total. The van der Waals surface area contributed by atoms with Crippen molar-refractivity contribution in [3.63, 3.8) is 0 Å². The molecular weight excluding hydrogens is 285 g/mol. The van der Waals surface area contributed by atoms with E-state index in [0.717, 1.165) is 25.9 Å². The highest BCUT2D eigenvalue weighted by molar-refractivity contribution is 5.98. The summed E-state index contributed by atoms with van der Waals surface area (Å²) in [6.07, 6.45) is 2.92. The van der Waals surface area contributed by atoms with Crippen LogP contribution in [0.2, 0.25) is 0 Å². The SMILES string of the molecule is CCCCOCCCNC(=O)c1oc2ccc(F)cc2c1C. The predicted molar refractivity (Wildman–Crippen MR) is 83.6 cm³/mol. The van der Waals surface area contributed by atoms with Crippen LogP contribution in [0.1, 0.15) is 42.3 Å². The van der Waals surface area contributed by atoms with E-state index in [0.29, 0.717) is 29.7 Å². The Balaban J connectivity index is 1.86. The Kier molecular flexibility index (Phi) is 5.95. The van der Waals surface area contributed by atoms with Gasteiger partial charge >= 0.3 is 0 Å². The number of halogens is 1. The standard InChI is InChI=1S/C17H22FNO3/c1-3-4-9-21-10-5-8-19-17(20)16-12(2)14-11-13(18)6-7-15(14)22-16/h6-7,11H,3-5,8-10H2,1-2H3,(H,19,20). The number of nitrogens with one attached hydrogen (secondary N) is 1. The van der Waals surface area contributed by atoms with Crippen LogP contribution in [0.25, 0.3) is 11.0 Å². The third-order valence-corrected chi connectivity index (χ3v) is 3.50. The fourth-order valence-corrected chi connectivity index (χ4v) is 2.21. The number of carbonyl (C=O) groups excluding carboxylic acids is 1. The van der Waals surface area contributed by atoms with Crippen LogP contribution >= 0.6 is 0 Å². The molecule has 1 aromatic carbocycles. The molecular formula is C17H22FNO3. The van der Waals surface area contributed by atoms with Gasteiger partial charge in [-0.2, -0.15) is 0 Å². The first kappa shape index (κ1) is 16.5. The van der Waals surface area contributed by atoms with Gasteiger partial charge in [0.15, 0.2) is 5.76 Å². The van der Waals surface area contributed by atoms with Crippen LogP contribution < -0.4 is 5.32 Å². The molecule has 1 amide bonds. The molecule has 22 heavy (non-hydrogen) atoms. The molecule has 5 heteroatoms. The molecule has 0 bridgehead atoms. The summed E-state index contributed by atoms with van der Waals surface area (Å²) in [5.41, 5.74) is 1.18. The van der Waals surface area contributed by atoms with Gasteiger partial charge in [-0.15, -0.1) is 0 Å². The topological polar surface area (TPSA) is 51.5 Å². The van der Waals surface area contributed by atoms with E-state index in [9.17, 15) is 9.18 Å². The van der Waals surface area contributed by atoms with Crippen molar-refractivity contribution < 1.29 is 18.3 Å². The lowest BCUT2D eigenvalue weighted by Gasteiger charge is -2.05. The van der Waals surface area contributed by atoms with Crippen LogP contribution in [0, 0.1) is 12.7 Å². The summed E-state index contributed by atoms with van der Waals surface area (Å²) in [6, 6.07) is 4.24. The molecule has 0 aliphatic rings. The summed E-state index contributed by atoms with van der Waals surface area (Å²) in [6.45, 7) is 5.79. The first-order chi connectivity index (χ1) is 10.6. The Bertz CT molecular complexity index is 636. The van der Waals surface area contributed by atoms with E-state index in [4.69, 9.17) is 9.15 Å². The van der Waals surface area contributed by atoms with Crippen molar-refractivity contribution in [2.24, 2.45) is 0 Å². The van der Waals surface area contributed by atoms with Crippen LogP contribution in [0.15, 0.2) is 22.6 Å². The second kappa shape index (κ2) is 7.94. The number of hydrogen-bond donors (Lipinski definition) is 1. The summed E-state index contributed by atoms with van der Waals surface area (Å²) in [7, 11) is 0. The number of fused-ring (bicyclic) bond motifs is 1. The molecule has 0 fully saturated rings. The van der Waals surface area contributed by atoms with Gasteiger partial charge in [-0.25, -0.2) is 4.39 Å². The van der Waals surface area contributed by atoms with E-state index < -0.39 is 0 Å². The molecule has 1 heterocycles. The lowest BCUT2D eigenvalue weighted by Crippen LogP contribution is -2.25.